The molecule has 0 fully saturated rings. The summed E-state index contributed by atoms with van der Waals surface area (Å²) in [5.41, 5.74) is 0. The van der Waals surface area contributed by atoms with Gasteiger partial charge in [0.05, 0.1) is 0 Å². The molecule has 0 saturated carbocycles. The monoisotopic (exact) mass is 134 g/mol. The van der Waals surface area contributed by atoms with Gasteiger partial charge in [-0.15, -0.1) is 0 Å². The molecule has 1 aromatic rings. The zero-order chi connectivity index (χ0) is 7.66. The normalized spacial score (nSPS) is 6.80. The molecule has 1 heteroatoms. The van der Waals surface area contributed by atoms with E-state index >= 15 is 0 Å². The number of hydrogen-bond acceptors (Lipinski definition) is 1. The molecule has 0 radical (unpaired) electrons. The van der Waals surface area contributed by atoms with Crippen molar-refractivity contribution in [3.63, 3.8) is 0 Å². The Labute approximate surface area is 61.0 Å². The average molecular weight is 134 g/mol. The van der Waals surface area contributed by atoms with Crippen LogP contribution in [0.4, 0.5) is 0 Å². The Bertz CT molecular complexity index is 135. The largest absolute Gasteiger partial charge is 0.299 e. The van der Waals surface area contributed by atoms with Crippen LogP contribution in [-0.2, 0) is 4.79 Å². The highest BCUT2D eigenvalue weighted by Crippen LogP contribution is 1.79. The second-order valence-corrected chi connectivity index (χ2v) is 1.53. The molecule has 52 valence electrons. The summed E-state index contributed by atoms with van der Waals surface area (Å²) in [6.45, 7) is 3.11. The van der Waals surface area contributed by atoms with Crippen LogP contribution in [0, 0.1) is 0 Å². The van der Waals surface area contributed by atoms with Crippen molar-refractivity contribution >= 4 is 6.29 Å². The molecule has 1 rings (SSSR count). The van der Waals surface area contributed by atoms with Crippen molar-refractivity contribution in [2.24, 2.45) is 0 Å². The van der Waals surface area contributed by atoms with E-state index in [1.807, 2.05) is 36.4 Å². The number of rotatable bonds is 1. The number of hydrogen-bond donors (Lipinski definition) is 0. The topological polar surface area (TPSA) is 17.1 Å². The lowest BCUT2D eigenvalue weighted by Gasteiger charge is -1.69. The van der Waals surface area contributed by atoms with Crippen molar-refractivity contribution in [3.05, 3.63) is 49.1 Å². The predicted octanol–water partition coefficient (Wildman–Crippen LogP) is 2.06. The van der Waals surface area contributed by atoms with Crippen LogP contribution >= 0.6 is 0 Å². The highest BCUT2D eigenvalue weighted by molar-refractivity contribution is 5.63. The zero-order valence-electron chi connectivity index (χ0n) is 5.73. The summed E-state index contributed by atoms with van der Waals surface area (Å²) in [5, 5.41) is 0. The van der Waals surface area contributed by atoms with Gasteiger partial charge in [0.1, 0.15) is 6.29 Å². The van der Waals surface area contributed by atoms with Gasteiger partial charge in [-0.25, -0.2) is 0 Å². The molecule has 0 aliphatic carbocycles. The van der Waals surface area contributed by atoms with Gasteiger partial charge in [0, 0.05) is 0 Å². The lowest BCUT2D eigenvalue weighted by atomic mass is 10.4. The highest BCUT2D eigenvalue weighted by Gasteiger charge is 1.57. The van der Waals surface area contributed by atoms with Crippen LogP contribution in [0.25, 0.3) is 0 Å². The van der Waals surface area contributed by atoms with Gasteiger partial charge >= 0.3 is 0 Å². The molecule has 0 atom stereocenters. The fourth-order valence-corrected chi connectivity index (χ4v) is 0.385. The summed E-state index contributed by atoms with van der Waals surface area (Å²) in [6, 6.07) is 12.0. The van der Waals surface area contributed by atoms with Crippen molar-refractivity contribution in [3.8, 4) is 0 Å². The molecule has 0 heterocycles. The number of carbonyl (C=O) groups excluding carboxylic acids is 1. The molecule has 0 N–H and O–H groups in total. The van der Waals surface area contributed by atoms with E-state index in [4.69, 9.17) is 4.79 Å². The molecule has 1 nitrogen and oxygen atoms in total. The maximum atomic E-state index is 9.06. The third-order valence-corrected chi connectivity index (χ3v) is 0.763. The maximum Gasteiger partial charge on any atom is 0.142 e. The molecular weight excluding hydrogens is 124 g/mol. The first-order valence-corrected chi connectivity index (χ1v) is 2.98. The number of allylic oxidation sites excluding steroid dienone is 1. The van der Waals surface area contributed by atoms with Gasteiger partial charge in [-0.1, -0.05) is 43.0 Å². The molecule has 0 saturated heterocycles. The van der Waals surface area contributed by atoms with Crippen molar-refractivity contribution in [2.45, 2.75) is 0 Å². The Morgan fingerprint density at radius 2 is 1.10 bits per heavy atom. The quantitative estimate of drug-likeness (QED) is 0.424. The first-order valence-electron chi connectivity index (χ1n) is 2.98. The third-order valence-electron chi connectivity index (χ3n) is 0.763. The van der Waals surface area contributed by atoms with E-state index < -0.39 is 0 Å². The van der Waals surface area contributed by atoms with Gasteiger partial charge in [-0.2, -0.15) is 0 Å². The van der Waals surface area contributed by atoms with Gasteiger partial charge in [0.2, 0.25) is 0 Å². The minimum atomic E-state index is 0.639. The number of aldehydes is 1. The lowest BCUT2D eigenvalue weighted by molar-refractivity contribution is -0.104. The molecule has 0 unspecified atom stereocenters. The van der Waals surface area contributed by atoms with Gasteiger partial charge in [-0.3, -0.25) is 4.79 Å². The van der Waals surface area contributed by atoms with E-state index in [2.05, 4.69) is 6.58 Å². The third kappa shape index (κ3) is 6.63. The minimum absolute atomic E-state index is 0.639. The van der Waals surface area contributed by atoms with Gasteiger partial charge in [0.25, 0.3) is 0 Å². The van der Waals surface area contributed by atoms with Crippen LogP contribution < -0.4 is 0 Å². The van der Waals surface area contributed by atoms with E-state index in [0.29, 0.717) is 6.29 Å². The van der Waals surface area contributed by atoms with Gasteiger partial charge in [-0.05, 0) is 6.08 Å². The van der Waals surface area contributed by atoms with E-state index in [9.17, 15) is 0 Å². The first-order chi connectivity index (χ1) is 4.91. The summed E-state index contributed by atoms with van der Waals surface area (Å²) < 4.78 is 0. The Morgan fingerprint density at radius 3 is 1.20 bits per heavy atom. The number of carbonyl (C=O) groups is 1. The van der Waals surface area contributed by atoms with Crippen LogP contribution in [0.15, 0.2) is 49.1 Å². The summed E-state index contributed by atoms with van der Waals surface area (Å²) in [4.78, 5) is 9.06. The minimum Gasteiger partial charge on any atom is -0.299 e. The van der Waals surface area contributed by atoms with Crippen molar-refractivity contribution in [2.75, 3.05) is 0 Å². The van der Waals surface area contributed by atoms with Crippen molar-refractivity contribution in [1.29, 1.82) is 0 Å². The van der Waals surface area contributed by atoms with E-state index in [1.165, 1.54) is 6.08 Å². The molecule has 0 spiro atoms. The summed E-state index contributed by atoms with van der Waals surface area (Å²) in [7, 11) is 0. The maximum absolute atomic E-state index is 9.06. The molecular formula is C9H10O. The molecule has 0 bridgehead atoms. The highest BCUT2D eigenvalue weighted by atomic mass is 16.1. The number of benzene rings is 1. The first kappa shape index (κ1) is 8.63. The Kier molecular flexibility index (Phi) is 6.58. The van der Waals surface area contributed by atoms with Gasteiger partial charge < -0.3 is 0 Å². The van der Waals surface area contributed by atoms with Crippen LogP contribution in [0.3, 0.4) is 0 Å². The van der Waals surface area contributed by atoms with Gasteiger partial charge in [0.15, 0.2) is 0 Å². The second kappa shape index (κ2) is 7.63. The molecule has 0 aromatic heterocycles. The van der Waals surface area contributed by atoms with Crippen molar-refractivity contribution in [1.82, 2.24) is 0 Å². The van der Waals surface area contributed by atoms with E-state index in [0.717, 1.165) is 0 Å². The lowest BCUT2D eigenvalue weighted by Crippen LogP contribution is -1.47. The Morgan fingerprint density at radius 1 is 0.900 bits per heavy atom. The Hall–Kier alpha value is -1.37. The zero-order valence-corrected chi connectivity index (χ0v) is 5.73. The fraction of sp³-hybridized carbons (Fsp3) is 0. The van der Waals surface area contributed by atoms with Crippen LogP contribution in [0.2, 0.25) is 0 Å². The molecule has 1 aromatic carbocycles. The Balaban J connectivity index is 0.000000180. The van der Waals surface area contributed by atoms with E-state index in [-0.39, 0.29) is 0 Å². The second-order valence-electron chi connectivity index (χ2n) is 1.53. The SMILES string of the molecule is C=CC=O.c1ccccc1. The van der Waals surface area contributed by atoms with E-state index in [1.54, 1.807) is 0 Å². The average Bonchev–Trinajstić information content (AvgIpc) is 2.08. The molecule has 0 aliphatic rings. The molecule has 0 aliphatic heterocycles. The summed E-state index contributed by atoms with van der Waals surface area (Å²) >= 11 is 0. The fourth-order valence-electron chi connectivity index (χ4n) is 0.385. The van der Waals surface area contributed by atoms with Crippen LogP contribution in [0.1, 0.15) is 0 Å². The van der Waals surface area contributed by atoms with Crippen molar-refractivity contribution < 1.29 is 4.79 Å². The predicted molar refractivity (Wildman–Crippen MR) is 42.7 cm³/mol. The van der Waals surface area contributed by atoms with Crippen LogP contribution in [-0.4, -0.2) is 6.29 Å². The molecule has 10 heavy (non-hydrogen) atoms. The standard InChI is InChI=1S/C6H6.C3H4O/c1-2-4-6-5-3-1;1-2-3-4/h1-6H;2-3H,1H2. The summed E-state index contributed by atoms with van der Waals surface area (Å²) in [5.74, 6) is 0. The van der Waals surface area contributed by atoms with Crippen LogP contribution in [0.5, 0.6) is 0 Å². The summed E-state index contributed by atoms with van der Waals surface area (Å²) in [6.07, 6.45) is 1.83. The molecule has 0 amide bonds. The smallest absolute Gasteiger partial charge is 0.142 e.